The van der Waals surface area contributed by atoms with Crippen molar-refractivity contribution in [2.24, 2.45) is 0 Å². The number of methoxy groups -OCH3 is 4. The van der Waals surface area contributed by atoms with Crippen LogP contribution in [-0.2, 0) is 19.0 Å². The van der Waals surface area contributed by atoms with Crippen LogP contribution in [0.25, 0.3) is 6.08 Å². The van der Waals surface area contributed by atoms with Gasteiger partial charge in [-0.25, -0.2) is 0 Å². The molecule has 25 heavy (non-hydrogen) atoms. The monoisotopic (exact) mass is 346 g/mol. The number of carbonyl (C=O) groups is 1. The Balaban J connectivity index is 2.30. The summed E-state index contributed by atoms with van der Waals surface area (Å²) in [4.78, 5) is 11.8. The highest BCUT2D eigenvalue weighted by atomic mass is 16.6. The van der Waals surface area contributed by atoms with E-state index in [4.69, 9.17) is 18.9 Å². The van der Waals surface area contributed by atoms with E-state index in [0.29, 0.717) is 23.7 Å². The van der Waals surface area contributed by atoms with Crippen molar-refractivity contribution in [3.8, 4) is 11.5 Å². The molecule has 0 radical (unpaired) electrons. The molecule has 0 saturated heterocycles. The molecule has 6 nitrogen and oxygen atoms in total. The first-order chi connectivity index (χ1) is 12.0. The predicted octanol–water partition coefficient (Wildman–Crippen LogP) is 2.83. The molecule has 0 aliphatic heterocycles. The minimum Gasteiger partial charge on any atom is -0.504 e. The number of allylic oxidation sites excluding steroid dienone is 2. The van der Waals surface area contributed by atoms with Gasteiger partial charge in [0.15, 0.2) is 22.9 Å². The first-order valence-electron chi connectivity index (χ1n) is 7.65. The second-order valence-electron chi connectivity index (χ2n) is 5.40. The first kappa shape index (κ1) is 18.6. The van der Waals surface area contributed by atoms with E-state index in [1.165, 1.54) is 40.6 Å². The molecule has 1 N–H and O–H groups in total. The number of hydrogen-bond acceptors (Lipinski definition) is 6. The van der Waals surface area contributed by atoms with E-state index < -0.39 is 5.60 Å². The molecule has 1 aromatic carbocycles. The first-order valence-corrected chi connectivity index (χ1v) is 7.65. The minimum atomic E-state index is -1.01. The Kier molecular flexibility index (Phi) is 5.88. The van der Waals surface area contributed by atoms with Gasteiger partial charge in [-0.05, 0) is 17.7 Å². The van der Waals surface area contributed by atoms with E-state index >= 15 is 0 Å². The third-order valence-corrected chi connectivity index (χ3v) is 4.05. The Morgan fingerprint density at radius 3 is 2.20 bits per heavy atom. The summed E-state index contributed by atoms with van der Waals surface area (Å²) in [5, 5.41) is 9.65. The molecule has 134 valence electrons. The van der Waals surface area contributed by atoms with Crippen LogP contribution < -0.4 is 4.74 Å². The highest BCUT2D eigenvalue weighted by molar-refractivity contribution is 6.01. The van der Waals surface area contributed by atoms with Gasteiger partial charge < -0.3 is 24.1 Å². The van der Waals surface area contributed by atoms with Crippen LogP contribution >= 0.6 is 0 Å². The largest absolute Gasteiger partial charge is 0.504 e. The summed E-state index contributed by atoms with van der Waals surface area (Å²) in [6, 6.07) is 5.04. The molecule has 0 aromatic heterocycles. The summed E-state index contributed by atoms with van der Waals surface area (Å²) >= 11 is 0. The maximum absolute atomic E-state index is 11.8. The van der Waals surface area contributed by atoms with Gasteiger partial charge in [0.25, 0.3) is 0 Å². The number of benzene rings is 1. The Bertz CT molecular complexity index is 705. The van der Waals surface area contributed by atoms with Crippen molar-refractivity contribution in [3.05, 3.63) is 53.5 Å². The molecule has 1 aromatic rings. The molecule has 1 aliphatic rings. The van der Waals surface area contributed by atoms with Gasteiger partial charge in [-0.3, -0.25) is 4.79 Å². The Morgan fingerprint density at radius 2 is 1.68 bits per heavy atom. The lowest BCUT2D eigenvalue weighted by atomic mass is 9.88. The molecule has 0 heterocycles. The Labute approximate surface area is 147 Å². The van der Waals surface area contributed by atoms with Crippen molar-refractivity contribution >= 4 is 11.9 Å². The van der Waals surface area contributed by atoms with E-state index in [9.17, 15) is 9.90 Å². The molecule has 0 amide bonds. The van der Waals surface area contributed by atoms with Crippen LogP contribution in [-0.4, -0.2) is 44.9 Å². The van der Waals surface area contributed by atoms with Gasteiger partial charge >= 0.3 is 0 Å². The predicted molar refractivity (Wildman–Crippen MR) is 93.2 cm³/mol. The summed E-state index contributed by atoms with van der Waals surface area (Å²) in [5.74, 6) is 1.02. The number of ketones is 1. The quantitative estimate of drug-likeness (QED) is 0.818. The van der Waals surface area contributed by atoms with Crippen LogP contribution in [0.2, 0.25) is 0 Å². The molecule has 0 bridgehead atoms. The van der Waals surface area contributed by atoms with Gasteiger partial charge in [-0.15, -0.1) is 0 Å². The fourth-order valence-electron chi connectivity index (χ4n) is 2.75. The summed E-state index contributed by atoms with van der Waals surface area (Å²) in [6.45, 7) is 0. The number of rotatable bonds is 7. The molecule has 6 heteroatoms. The zero-order valence-corrected chi connectivity index (χ0v) is 14.7. The van der Waals surface area contributed by atoms with E-state index in [1.54, 1.807) is 18.2 Å². The Morgan fingerprint density at radius 1 is 1.04 bits per heavy atom. The van der Waals surface area contributed by atoms with Crippen molar-refractivity contribution in [1.29, 1.82) is 0 Å². The molecular formula is C19H22O6. The van der Waals surface area contributed by atoms with Gasteiger partial charge in [-0.2, -0.15) is 0 Å². The third-order valence-electron chi connectivity index (χ3n) is 4.05. The number of phenols is 1. The Hall–Kier alpha value is -2.73. The second-order valence-corrected chi connectivity index (χ2v) is 5.40. The summed E-state index contributed by atoms with van der Waals surface area (Å²) in [6.07, 6.45) is 6.91. The van der Waals surface area contributed by atoms with Crippen molar-refractivity contribution < 1.29 is 28.8 Å². The maximum atomic E-state index is 11.8. The molecule has 0 spiro atoms. The van der Waals surface area contributed by atoms with Crippen LogP contribution in [0, 0.1) is 0 Å². The molecule has 0 atom stereocenters. The van der Waals surface area contributed by atoms with Crippen LogP contribution in [0.5, 0.6) is 11.5 Å². The normalized spacial score (nSPS) is 16.4. The van der Waals surface area contributed by atoms with Crippen LogP contribution in [0.15, 0.2) is 47.9 Å². The number of phenolic OH excluding ortho intramolecular Hbond substituents is 1. The van der Waals surface area contributed by atoms with E-state index in [0.717, 1.165) is 5.56 Å². The molecule has 1 aliphatic carbocycles. The van der Waals surface area contributed by atoms with Crippen molar-refractivity contribution in [2.75, 3.05) is 28.4 Å². The van der Waals surface area contributed by atoms with Crippen molar-refractivity contribution in [3.63, 3.8) is 0 Å². The van der Waals surface area contributed by atoms with E-state index in [-0.39, 0.29) is 11.5 Å². The maximum Gasteiger partial charge on any atom is 0.185 e. The van der Waals surface area contributed by atoms with Crippen LogP contribution in [0.1, 0.15) is 12.0 Å². The standard InChI is InChI=1S/C19H22O6/c1-22-16-10-13(7-8-15(16)21)6-5-9-19(25-4)17(23-2)11-14(20)12-18(19)24-3/h5-8,10-12,21H,9H2,1-4H3/b6-5+. The van der Waals surface area contributed by atoms with Gasteiger partial charge in [0.1, 0.15) is 11.5 Å². The van der Waals surface area contributed by atoms with Gasteiger partial charge in [0, 0.05) is 25.7 Å². The van der Waals surface area contributed by atoms with Crippen LogP contribution in [0.4, 0.5) is 0 Å². The summed E-state index contributed by atoms with van der Waals surface area (Å²) in [5.41, 5.74) is -0.159. The average Bonchev–Trinajstić information content (AvgIpc) is 2.63. The number of aromatic hydroxyl groups is 1. The number of hydrogen-bond donors (Lipinski definition) is 1. The van der Waals surface area contributed by atoms with Gasteiger partial charge in [0.05, 0.1) is 21.3 Å². The fourth-order valence-corrected chi connectivity index (χ4v) is 2.75. The molecule has 0 unspecified atom stereocenters. The molecule has 0 saturated carbocycles. The second kappa shape index (κ2) is 7.90. The average molecular weight is 346 g/mol. The summed E-state index contributed by atoms with van der Waals surface area (Å²) in [7, 11) is 6.00. The van der Waals surface area contributed by atoms with Crippen LogP contribution in [0.3, 0.4) is 0 Å². The molecular weight excluding hydrogens is 324 g/mol. The highest BCUT2D eigenvalue weighted by Crippen LogP contribution is 2.37. The van der Waals surface area contributed by atoms with E-state index in [2.05, 4.69) is 0 Å². The van der Waals surface area contributed by atoms with Crippen molar-refractivity contribution in [1.82, 2.24) is 0 Å². The lowest BCUT2D eigenvalue weighted by Gasteiger charge is -2.35. The van der Waals surface area contributed by atoms with Gasteiger partial charge in [-0.1, -0.05) is 18.2 Å². The zero-order valence-electron chi connectivity index (χ0n) is 14.7. The fraction of sp³-hybridized carbons (Fsp3) is 0.316. The van der Waals surface area contributed by atoms with E-state index in [1.807, 2.05) is 12.2 Å². The third kappa shape index (κ3) is 3.69. The SMILES string of the molecule is COC1=CC(=O)C=C(OC)C1(C/C=C/c1ccc(O)c(OC)c1)OC. The molecule has 0 fully saturated rings. The van der Waals surface area contributed by atoms with Gasteiger partial charge in [0.2, 0.25) is 0 Å². The van der Waals surface area contributed by atoms with Crippen molar-refractivity contribution in [2.45, 2.75) is 12.0 Å². The number of ether oxygens (including phenoxy) is 4. The minimum absolute atomic E-state index is 0.0769. The topological polar surface area (TPSA) is 74.2 Å². The number of carbonyl (C=O) groups excluding carboxylic acids is 1. The summed E-state index contributed by atoms with van der Waals surface area (Å²) < 4.78 is 21.5. The lowest BCUT2D eigenvalue weighted by Crippen LogP contribution is -2.40. The lowest BCUT2D eigenvalue weighted by molar-refractivity contribution is -0.112. The zero-order chi connectivity index (χ0) is 18.4. The smallest absolute Gasteiger partial charge is 0.185 e. The molecule has 2 rings (SSSR count). The highest BCUT2D eigenvalue weighted by Gasteiger charge is 2.43.